The van der Waals surface area contributed by atoms with Crippen molar-refractivity contribution in [1.29, 1.82) is 0 Å². The molecule has 1 atom stereocenters. The normalized spacial score (nSPS) is 14.6. The zero-order valence-corrected chi connectivity index (χ0v) is 30.9. The Hall–Kier alpha value is -5.19. The van der Waals surface area contributed by atoms with Crippen molar-refractivity contribution in [3.05, 3.63) is 41.5 Å². The van der Waals surface area contributed by atoms with Crippen molar-refractivity contribution >= 4 is 62.9 Å². The number of ether oxygens (including phenoxy) is 4. The molecular formula is C34H44N6O10S. The molecule has 2 amide bonds. The number of nitrogens with zero attached hydrogens (tertiary/aromatic N) is 4. The monoisotopic (exact) mass is 728 g/mol. The number of aliphatic carboxylic acids is 1. The van der Waals surface area contributed by atoms with Gasteiger partial charge in [-0.25, -0.2) is 29.1 Å². The maximum Gasteiger partial charge on any atom is 0.413 e. The van der Waals surface area contributed by atoms with Crippen molar-refractivity contribution in [2.45, 2.75) is 91.3 Å². The molecule has 1 aliphatic rings. The van der Waals surface area contributed by atoms with Gasteiger partial charge in [-0.15, -0.1) is 11.3 Å². The number of hydrogen-bond acceptors (Lipinski definition) is 14. The maximum absolute atomic E-state index is 13.1. The highest BCUT2D eigenvalue weighted by molar-refractivity contribution is 7.14. The molecule has 16 nitrogen and oxygen atoms in total. The molecule has 1 fully saturated rings. The first-order chi connectivity index (χ1) is 23.7. The van der Waals surface area contributed by atoms with Crippen LogP contribution in [-0.4, -0.2) is 98.5 Å². The molecule has 51 heavy (non-hydrogen) atoms. The van der Waals surface area contributed by atoms with Crippen LogP contribution in [0.25, 0.3) is 10.8 Å². The third-order valence-electron chi connectivity index (χ3n) is 6.51. The average Bonchev–Trinajstić information content (AvgIpc) is 3.40. The van der Waals surface area contributed by atoms with Gasteiger partial charge in [-0.1, -0.05) is 5.16 Å². The Labute approximate surface area is 299 Å². The molecule has 1 saturated heterocycles. The van der Waals surface area contributed by atoms with Crippen LogP contribution in [0.3, 0.4) is 0 Å². The van der Waals surface area contributed by atoms with Crippen molar-refractivity contribution in [1.82, 2.24) is 14.9 Å². The summed E-state index contributed by atoms with van der Waals surface area (Å²) in [7, 11) is 0. The van der Waals surface area contributed by atoms with Gasteiger partial charge in [0.15, 0.2) is 5.13 Å². The van der Waals surface area contributed by atoms with Crippen molar-refractivity contribution in [2.24, 2.45) is 5.16 Å². The molecule has 3 aromatic rings. The number of hydrogen-bond donors (Lipinski definition) is 3. The molecule has 1 unspecified atom stereocenters. The van der Waals surface area contributed by atoms with Crippen molar-refractivity contribution in [2.75, 3.05) is 30.3 Å². The highest BCUT2D eigenvalue weighted by atomic mass is 32.1. The van der Waals surface area contributed by atoms with Crippen molar-refractivity contribution in [3.63, 3.8) is 0 Å². The lowest BCUT2D eigenvalue weighted by atomic mass is 10.1. The number of benzene rings is 1. The quantitative estimate of drug-likeness (QED) is 0.0946. The summed E-state index contributed by atoms with van der Waals surface area (Å²) in [5.41, 5.74) is -2.95. The van der Waals surface area contributed by atoms with Gasteiger partial charge in [0.2, 0.25) is 5.71 Å². The molecule has 1 aromatic carbocycles. The number of carbonyl (C=O) groups excluding carboxylic acids is 3. The minimum absolute atomic E-state index is 0.00774. The van der Waals surface area contributed by atoms with E-state index in [-0.39, 0.29) is 29.6 Å². The van der Waals surface area contributed by atoms with Crippen LogP contribution in [0.5, 0.6) is 5.75 Å². The molecular weight excluding hydrogens is 684 g/mol. The van der Waals surface area contributed by atoms with Crippen LogP contribution in [-0.2, 0) is 28.6 Å². The Balaban J connectivity index is 1.45. The first-order valence-corrected chi connectivity index (χ1v) is 17.0. The molecule has 276 valence electrons. The Morgan fingerprint density at radius 1 is 0.980 bits per heavy atom. The van der Waals surface area contributed by atoms with E-state index in [2.05, 4.69) is 25.8 Å². The molecule has 2 aromatic heterocycles. The van der Waals surface area contributed by atoms with Gasteiger partial charge in [-0.05, 0) is 92.0 Å². The molecule has 3 N–H and O–H groups in total. The van der Waals surface area contributed by atoms with Crippen LogP contribution in [0.4, 0.5) is 20.5 Å². The van der Waals surface area contributed by atoms with Gasteiger partial charge in [0, 0.05) is 30.1 Å². The lowest BCUT2D eigenvalue weighted by molar-refractivity contribution is -0.170. The molecule has 0 spiro atoms. The molecule has 1 aliphatic heterocycles. The highest BCUT2D eigenvalue weighted by Gasteiger charge is 2.34. The second-order valence-electron chi connectivity index (χ2n) is 14.6. The van der Waals surface area contributed by atoms with E-state index in [1.54, 1.807) is 76.9 Å². The zero-order valence-electron chi connectivity index (χ0n) is 30.1. The Bertz CT molecular complexity index is 1780. The summed E-state index contributed by atoms with van der Waals surface area (Å²) in [5.74, 6) is -1.31. The number of oxime groups is 1. The van der Waals surface area contributed by atoms with Gasteiger partial charge in [-0.2, -0.15) is 0 Å². The third-order valence-corrected chi connectivity index (χ3v) is 7.27. The number of pyridine rings is 1. The van der Waals surface area contributed by atoms with Gasteiger partial charge in [0.1, 0.15) is 40.7 Å². The van der Waals surface area contributed by atoms with Gasteiger partial charge in [0.05, 0.1) is 6.04 Å². The largest absolute Gasteiger partial charge is 0.489 e. The number of carboxylic acid groups (broad SMARTS) is 1. The van der Waals surface area contributed by atoms with E-state index in [0.29, 0.717) is 24.7 Å². The zero-order chi connectivity index (χ0) is 37.7. The summed E-state index contributed by atoms with van der Waals surface area (Å²) in [6.07, 6.45) is -0.955. The molecule has 0 bridgehead atoms. The summed E-state index contributed by atoms with van der Waals surface area (Å²) in [4.78, 5) is 65.2. The smallest absolute Gasteiger partial charge is 0.413 e. The van der Waals surface area contributed by atoms with Gasteiger partial charge in [0.25, 0.3) is 6.10 Å². The lowest BCUT2D eigenvalue weighted by Gasteiger charge is -2.40. The molecule has 3 heterocycles. The van der Waals surface area contributed by atoms with Crippen molar-refractivity contribution < 1.29 is 48.1 Å². The van der Waals surface area contributed by atoms with Crippen LogP contribution in [0.2, 0.25) is 0 Å². The van der Waals surface area contributed by atoms with Crippen LogP contribution in [0.1, 0.15) is 68.0 Å². The molecule has 0 radical (unpaired) electrons. The predicted molar refractivity (Wildman–Crippen MR) is 189 cm³/mol. The number of thiazole rings is 1. The van der Waals surface area contributed by atoms with Crippen LogP contribution < -0.4 is 15.4 Å². The Morgan fingerprint density at radius 2 is 1.65 bits per heavy atom. The van der Waals surface area contributed by atoms with Crippen LogP contribution in [0, 0.1) is 0 Å². The Morgan fingerprint density at radius 3 is 2.27 bits per heavy atom. The fourth-order valence-corrected chi connectivity index (χ4v) is 5.10. The minimum atomic E-state index is -1.49. The number of esters is 1. The highest BCUT2D eigenvalue weighted by Crippen LogP contribution is 2.28. The second kappa shape index (κ2) is 15.4. The summed E-state index contributed by atoms with van der Waals surface area (Å²) in [5, 5.41) is 22.4. The van der Waals surface area contributed by atoms with E-state index in [0.717, 1.165) is 22.1 Å². The number of carbonyl (C=O) groups is 4. The summed E-state index contributed by atoms with van der Waals surface area (Å²) >= 11 is 0.949. The number of anilines is 2. The Kier molecular flexibility index (Phi) is 11.6. The number of nitrogens with one attached hydrogen (secondary N) is 2. The molecule has 4 rings (SSSR count). The van der Waals surface area contributed by atoms with Gasteiger partial charge < -0.3 is 39.1 Å². The van der Waals surface area contributed by atoms with Crippen LogP contribution in [0.15, 0.2) is 41.0 Å². The predicted octanol–water partition coefficient (Wildman–Crippen LogP) is 5.66. The van der Waals surface area contributed by atoms with Gasteiger partial charge in [-0.3, -0.25) is 5.32 Å². The topological polar surface area (TPSA) is 200 Å². The van der Waals surface area contributed by atoms with E-state index in [1.165, 1.54) is 5.38 Å². The standard InChI is InChI=1S/C34H44N6O10S/c1-32(2,3)47-28(43)24(50-39-25(27(41)42)23-18-51-29(37-23)38-30(44)48-33(4,5)6)17-46-21-10-11-22-19(14-21)12-13-35-26(22)36-20-15-40(16-20)31(45)49-34(7,8)9/h10-14,18,20,24H,15-17H2,1-9H3,(H,35,36)(H,41,42)(H,37,38,44)/b39-25-. The van der Waals surface area contributed by atoms with E-state index < -0.39 is 46.7 Å². The van der Waals surface area contributed by atoms with Crippen LogP contribution >= 0.6 is 11.3 Å². The second-order valence-corrected chi connectivity index (χ2v) is 15.5. The van der Waals surface area contributed by atoms with E-state index in [1.807, 2.05) is 20.8 Å². The first-order valence-electron chi connectivity index (χ1n) is 16.1. The average molecular weight is 729 g/mol. The number of fused-ring (bicyclic) bond motifs is 1. The molecule has 0 saturated carbocycles. The SMILES string of the molecule is CC(C)(C)OC(=O)Nc1nc(/C(=N/OC(COc2ccc3c(NC4CN(C(=O)OC(C)(C)C)C4)nccc3c2)C(=O)OC(C)(C)C)C(=O)O)cs1. The fourth-order valence-electron chi connectivity index (χ4n) is 4.42. The number of rotatable bonds is 11. The fraction of sp³-hybridized carbons (Fsp3) is 0.500. The lowest BCUT2D eigenvalue weighted by Crippen LogP contribution is -2.58. The van der Waals surface area contributed by atoms with E-state index in [4.69, 9.17) is 23.8 Å². The van der Waals surface area contributed by atoms with Crippen molar-refractivity contribution in [3.8, 4) is 5.75 Å². The van der Waals surface area contributed by atoms with E-state index in [9.17, 15) is 24.3 Å². The number of likely N-dealkylation sites (tertiary alicyclic amines) is 1. The summed E-state index contributed by atoms with van der Waals surface area (Å²) < 4.78 is 22.0. The summed E-state index contributed by atoms with van der Waals surface area (Å²) in [6.45, 7) is 16.1. The first kappa shape index (κ1) is 38.6. The summed E-state index contributed by atoms with van der Waals surface area (Å²) in [6, 6.07) is 7.04. The van der Waals surface area contributed by atoms with Gasteiger partial charge >= 0.3 is 24.1 Å². The minimum Gasteiger partial charge on any atom is -0.489 e. The number of aromatic nitrogens is 2. The molecule has 0 aliphatic carbocycles. The number of amides is 2. The number of carboxylic acids is 1. The third kappa shape index (κ3) is 11.7. The maximum atomic E-state index is 13.1. The molecule has 17 heteroatoms. The van der Waals surface area contributed by atoms with E-state index >= 15 is 0 Å².